The van der Waals surface area contributed by atoms with Crippen molar-refractivity contribution in [2.45, 2.75) is 52.6 Å². The van der Waals surface area contributed by atoms with Crippen molar-refractivity contribution in [2.24, 2.45) is 0 Å². The first-order valence-corrected chi connectivity index (χ1v) is 16.0. The van der Waals surface area contributed by atoms with E-state index in [0.717, 1.165) is 33.8 Å². The summed E-state index contributed by atoms with van der Waals surface area (Å²) in [7, 11) is 0. The topological polar surface area (TPSA) is 131 Å². The van der Waals surface area contributed by atoms with Crippen LogP contribution < -0.4 is 21.2 Å². The minimum absolute atomic E-state index is 0.0822. The molecule has 2 aromatic rings. The van der Waals surface area contributed by atoms with E-state index in [4.69, 9.17) is 18.9 Å². The fourth-order valence-electron chi connectivity index (χ4n) is 5.17. The van der Waals surface area contributed by atoms with Gasteiger partial charge in [0.2, 0.25) is 11.8 Å². The fourth-order valence-corrected chi connectivity index (χ4v) is 5.17. The monoisotopic (exact) mass is 637 g/mol. The van der Waals surface area contributed by atoms with Gasteiger partial charge in [-0.15, -0.1) is 5.53 Å². The number of amides is 2. The van der Waals surface area contributed by atoms with Gasteiger partial charge in [-0.25, -0.2) is 0 Å². The summed E-state index contributed by atoms with van der Waals surface area (Å²) >= 11 is 0. The minimum Gasteiger partial charge on any atom is -0.379 e. The first-order valence-electron chi connectivity index (χ1n) is 16.0. The predicted molar refractivity (Wildman–Crippen MR) is 175 cm³/mol. The average molecular weight is 638 g/mol. The van der Waals surface area contributed by atoms with Gasteiger partial charge in [-0.1, -0.05) is 42.5 Å². The Labute approximate surface area is 271 Å². The molecular weight excluding hydrogens is 590 g/mol. The summed E-state index contributed by atoms with van der Waals surface area (Å²) in [5.41, 5.74) is 12.4. The molecule has 2 heterocycles. The maximum Gasteiger partial charge on any atom is 0.227 e. The number of hydrazine groups is 2. The number of Topliss-reactive ketones (excluding diaryl/α,β-unsaturated/α-hetero) is 1. The first-order chi connectivity index (χ1) is 22.4. The van der Waals surface area contributed by atoms with Gasteiger partial charge in [0.25, 0.3) is 0 Å². The largest absolute Gasteiger partial charge is 0.379 e. The van der Waals surface area contributed by atoms with E-state index in [-0.39, 0.29) is 36.5 Å². The number of hydrogen-bond donors (Lipinski definition) is 3. The number of ether oxygens (including phenoxy) is 4. The molecule has 2 aliphatic heterocycles. The van der Waals surface area contributed by atoms with Crippen LogP contribution in [-0.4, -0.2) is 88.0 Å². The second-order valence-corrected chi connectivity index (χ2v) is 11.3. The standard InChI is InChI=1S/C34H47N5O7/c1-25(2)39-34-28-9-5-4-8-27(28)24-38(30-11-7-6-10-29(30)33(34)36-37-39)32(42)13-12-31(41)35-15-17-44-19-21-46-23-22-45-20-18-43-16-14-26(3)40/h4-11,25,36-37H,12-24H2,1-3H3,(H,35,41). The highest BCUT2D eigenvalue weighted by Gasteiger charge is 2.33. The maximum atomic E-state index is 13.6. The third kappa shape index (κ3) is 10.1. The molecule has 3 N–H and O–H groups in total. The molecule has 2 aliphatic rings. The summed E-state index contributed by atoms with van der Waals surface area (Å²) in [5.74, 6) is -0.208. The van der Waals surface area contributed by atoms with E-state index in [0.29, 0.717) is 72.4 Å². The summed E-state index contributed by atoms with van der Waals surface area (Å²) in [6.45, 7) is 9.91. The van der Waals surface area contributed by atoms with E-state index in [1.54, 1.807) is 4.90 Å². The lowest BCUT2D eigenvalue weighted by molar-refractivity contribution is -0.125. The Morgan fingerprint density at radius 3 is 2.07 bits per heavy atom. The molecule has 0 atom stereocenters. The number of carbonyl (C=O) groups is 3. The summed E-state index contributed by atoms with van der Waals surface area (Å²) in [6, 6.07) is 16.2. The van der Waals surface area contributed by atoms with Crippen molar-refractivity contribution in [1.29, 1.82) is 0 Å². The van der Waals surface area contributed by atoms with Crippen LogP contribution in [0, 0.1) is 0 Å². The lowest BCUT2D eigenvalue weighted by atomic mass is 9.95. The molecular formula is C34H47N5O7. The molecule has 12 heteroatoms. The van der Waals surface area contributed by atoms with E-state index >= 15 is 0 Å². The smallest absolute Gasteiger partial charge is 0.227 e. The molecule has 0 aliphatic carbocycles. The van der Waals surface area contributed by atoms with Gasteiger partial charge in [0, 0.05) is 43.0 Å². The van der Waals surface area contributed by atoms with Crippen molar-refractivity contribution in [2.75, 3.05) is 64.3 Å². The normalized spacial score (nSPS) is 13.9. The van der Waals surface area contributed by atoms with E-state index < -0.39 is 0 Å². The average Bonchev–Trinajstić information content (AvgIpc) is 3.48. The summed E-state index contributed by atoms with van der Waals surface area (Å²) in [6.07, 6.45) is 0.586. The third-order valence-corrected chi connectivity index (χ3v) is 7.51. The second kappa shape index (κ2) is 18.4. The molecule has 0 radical (unpaired) electrons. The highest BCUT2D eigenvalue weighted by molar-refractivity contribution is 6.02. The molecule has 250 valence electrons. The molecule has 2 aromatic carbocycles. The molecule has 0 saturated carbocycles. The van der Waals surface area contributed by atoms with Crippen LogP contribution in [0.1, 0.15) is 56.7 Å². The highest BCUT2D eigenvalue weighted by Crippen LogP contribution is 2.40. The van der Waals surface area contributed by atoms with Gasteiger partial charge < -0.3 is 34.6 Å². The zero-order valence-corrected chi connectivity index (χ0v) is 27.1. The van der Waals surface area contributed by atoms with Crippen molar-refractivity contribution in [1.82, 2.24) is 21.3 Å². The van der Waals surface area contributed by atoms with Crippen LogP contribution in [0.25, 0.3) is 11.4 Å². The molecule has 0 saturated heterocycles. The molecule has 0 unspecified atom stereocenters. The molecule has 0 aromatic heterocycles. The number of carbonyl (C=O) groups excluding carboxylic acids is 3. The number of rotatable bonds is 19. The van der Waals surface area contributed by atoms with Crippen molar-refractivity contribution < 1.29 is 33.3 Å². The molecule has 2 amide bonds. The van der Waals surface area contributed by atoms with Crippen LogP contribution in [0.15, 0.2) is 48.5 Å². The van der Waals surface area contributed by atoms with Gasteiger partial charge in [-0.05, 0) is 32.4 Å². The lowest BCUT2D eigenvalue weighted by Crippen LogP contribution is -2.41. The number of hydrogen-bond acceptors (Lipinski definition) is 10. The zero-order chi connectivity index (χ0) is 32.7. The van der Waals surface area contributed by atoms with Gasteiger partial charge in [0.1, 0.15) is 5.78 Å². The van der Waals surface area contributed by atoms with Gasteiger partial charge in [-0.2, -0.15) is 0 Å². The van der Waals surface area contributed by atoms with Gasteiger partial charge >= 0.3 is 0 Å². The Balaban J connectivity index is 1.17. The van der Waals surface area contributed by atoms with Crippen molar-refractivity contribution in [3.63, 3.8) is 0 Å². The van der Waals surface area contributed by atoms with Crippen molar-refractivity contribution in [3.05, 3.63) is 65.2 Å². The first kappa shape index (κ1) is 35.1. The van der Waals surface area contributed by atoms with E-state index in [2.05, 4.69) is 41.2 Å². The van der Waals surface area contributed by atoms with Crippen LogP contribution in [0.4, 0.5) is 5.69 Å². The zero-order valence-electron chi connectivity index (χ0n) is 27.1. The van der Waals surface area contributed by atoms with Crippen LogP contribution in [-0.2, 0) is 39.9 Å². The van der Waals surface area contributed by atoms with E-state index in [1.807, 2.05) is 42.5 Å². The van der Waals surface area contributed by atoms with Crippen LogP contribution in [0.5, 0.6) is 0 Å². The summed E-state index contributed by atoms with van der Waals surface area (Å²) in [5, 5.41) is 4.94. The SMILES string of the molecule is CC(=O)CCOCCOCCOCCOCCNC(=O)CCC(=O)N1Cc2ccccc2C2=C(NNN2C(C)C)c2ccccc21. The van der Waals surface area contributed by atoms with Gasteiger partial charge in [0.05, 0.1) is 76.5 Å². The number of nitrogens with zero attached hydrogens (tertiary/aromatic N) is 2. The second-order valence-electron chi connectivity index (χ2n) is 11.3. The lowest BCUT2D eigenvalue weighted by Gasteiger charge is -2.31. The third-order valence-electron chi connectivity index (χ3n) is 7.51. The van der Waals surface area contributed by atoms with Crippen molar-refractivity contribution >= 4 is 34.7 Å². The molecule has 0 spiro atoms. The number of para-hydroxylation sites is 1. The number of benzene rings is 2. The van der Waals surface area contributed by atoms with Gasteiger partial charge in [0.15, 0.2) is 0 Å². The predicted octanol–water partition coefficient (Wildman–Crippen LogP) is 3.03. The van der Waals surface area contributed by atoms with E-state index in [1.165, 1.54) is 6.92 Å². The van der Waals surface area contributed by atoms with Crippen LogP contribution in [0.2, 0.25) is 0 Å². The molecule has 0 bridgehead atoms. The number of ketones is 1. The molecule has 4 rings (SSSR count). The number of fused-ring (bicyclic) bond motifs is 4. The summed E-state index contributed by atoms with van der Waals surface area (Å²) < 4.78 is 21.7. The molecule has 46 heavy (non-hydrogen) atoms. The fraction of sp³-hybridized carbons (Fsp3) is 0.500. The Hall–Kier alpha value is -3.81. The number of nitrogens with one attached hydrogen (secondary N) is 3. The quantitative estimate of drug-likeness (QED) is 0.198. The Morgan fingerprint density at radius 1 is 0.783 bits per heavy atom. The molecule has 0 fully saturated rings. The van der Waals surface area contributed by atoms with Crippen LogP contribution in [0.3, 0.4) is 0 Å². The Bertz CT molecular complexity index is 1350. The Morgan fingerprint density at radius 2 is 1.39 bits per heavy atom. The summed E-state index contributed by atoms with van der Waals surface area (Å²) in [4.78, 5) is 38.8. The highest BCUT2D eigenvalue weighted by atomic mass is 16.6. The van der Waals surface area contributed by atoms with E-state index in [9.17, 15) is 14.4 Å². The molecule has 12 nitrogen and oxygen atoms in total. The minimum atomic E-state index is -0.199. The number of anilines is 1. The van der Waals surface area contributed by atoms with Gasteiger partial charge in [-0.3, -0.25) is 19.4 Å². The van der Waals surface area contributed by atoms with Crippen LogP contribution >= 0.6 is 0 Å². The maximum absolute atomic E-state index is 13.6. The Kier molecular flexibility index (Phi) is 14.0. The van der Waals surface area contributed by atoms with Crippen molar-refractivity contribution in [3.8, 4) is 0 Å².